The van der Waals surface area contributed by atoms with Gasteiger partial charge in [0.1, 0.15) is 5.00 Å². The van der Waals surface area contributed by atoms with Gasteiger partial charge in [0.15, 0.2) is 0 Å². The van der Waals surface area contributed by atoms with E-state index in [1.807, 2.05) is 0 Å². The number of thiophene rings is 1. The summed E-state index contributed by atoms with van der Waals surface area (Å²) in [5.41, 5.74) is 1.84. The maximum Gasteiger partial charge on any atom is 0.262 e. The van der Waals surface area contributed by atoms with Gasteiger partial charge < -0.3 is 5.11 Å². The van der Waals surface area contributed by atoms with Gasteiger partial charge in [0.05, 0.1) is 11.5 Å². The van der Waals surface area contributed by atoms with E-state index in [-0.39, 0.29) is 11.5 Å². The lowest BCUT2D eigenvalue weighted by Gasteiger charge is -2.12. The van der Waals surface area contributed by atoms with Crippen molar-refractivity contribution in [2.75, 3.05) is 4.72 Å². The minimum atomic E-state index is -3.67. The zero-order chi connectivity index (χ0) is 15.7. The standard InChI is InChI=1S/C15H16ClNO3S2/c16-10-5-7-11(8-6-10)22(19,20)17-15-13(9-18)12-3-1-2-4-14(12)21-15/h5-8,17-18H,1-4,9H2. The third kappa shape index (κ3) is 3.01. The fourth-order valence-electron chi connectivity index (χ4n) is 2.68. The smallest absolute Gasteiger partial charge is 0.262 e. The first-order valence-electron chi connectivity index (χ1n) is 7.04. The molecule has 0 atom stereocenters. The highest BCUT2D eigenvalue weighted by molar-refractivity contribution is 7.93. The summed E-state index contributed by atoms with van der Waals surface area (Å²) in [5.74, 6) is 0. The number of aliphatic hydroxyl groups excluding tert-OH is 1. The third-order valence-corrected chi connectivity index (χ3v) is 6.79. The first kappa shape index (κ1) is 15.8. The van der Waals surface area contributed by atoms with Crippen LogP contribution in [0.2, 0.25) is 5.02 Å². The molecule has 0 saturated heterocycles. The Bertz CT molecular complexity index is 782. The van der Waals surface area contributed by atoms with Crippen LogP contribution >= 0.6 is 22.9 Å². The van der Waals surface area contributed by atoms with Gasteiger partial charge in [-0.3, -0.25) is 4.72 Å². The van der Waals surface area contributed by atoms with Crippen LogP contribution in [0.4, 0.5) is 5.00 Å². The minimum absolute atomic E-state index is 0.149. The summed E-state index contributed by atoms with van der Waals surface area (Å²) in [6, 6.07) is 6.03. The summed E-state index contributed by atoms with van der Waals surface area (Å²) in [7, 11) is -3.67. The highest BCUT2D eigenvalue weighted by Crippen LogP contribution is 2.39. The summed E-state index contributed by atoms with van der Waals surface area (Å²) >= 11 is 7.23. The van der Waals surface area contributed by atoms with Crippen LogP contribution in [-0.2, 0) is 29.5 Å². The fourth-order valence-corrected chi connectivity index (χ4v) is 5.43. The van der Waals surface area contributed by atoms with Gasteiger partial charge in [-0.25, -0.2) is 8.42 Å². The first-order valence-corrected chi connectivity index (χ1v) is 9.71. The van der Waals surface area contributed by atoms with E-state index in [0.717, 1.165) is 36.8 Å². The van der Waals surface area contributed by atoms with Crippen molar-refractivity contribution < 1.29 is 13.5 Å². The monoisotopic (exact) mass is 357 g/mol. The molecule has 118 valence electrons. The summed E-state index contributed by atoms with van der Waals surface area (Å²) in [4.78, 5) is 1.34. The predicted octanol–water partition coefficient (Wildman–Crippen LogP) is 3.57. The lowest BCUT2D eigenvalue weighted by Crippen LogP contribution is -2.13. The molecule has 7 heteroatoms. The Morgan fingerprint density at radius 3 is 2.55 bits per heavy atom. The van der Waals surface area contributed by atoms with Crippen molar-refractivity contribution >= 4 is 38.0 Å². The van der Waals surface area contributed by atoms with Crippen LogP contribution in [0, 0.1) is 0 Å². The van der Waals surface area contributed by atoms with Crippen molar-refractivity contribution in [1.29, 1.82) is 0 Å². The predicted molar refractivity (Wildman–Crippen MR) is 89.1 cm³/mol. The maximum atomic E-state index is 12.5. The van der Waals surface area contributed by atoms with Crippen LogP contribution in [0.5, 0.6) is 0 Å². The molecular weight excluding hydrogens is 342 g/mol. The number of nitrogens with one attached hydrogen (secondary N) is 1. The van der Waals surface area contributed by atoms with E-state index in [1.165, 1.54) is 28.3 Å². The highest BCUT2D eigenvalue weighted by atomic mass is 35.5. The van der Waals surface area contributed by atoms with E-state index in [0.29, 0.717) is 10.0 Å². The van der Waals surface area contributed by atoms with Gasteiger partial charge >= 0.3 is 0 Å². The Kier molecular flexibility index (Phi) is 4.45. The number of halogens is 1. The van der Waals surface area contributed by atoms with E-state index >= 15 is 0 Å². The van der Waals surface area contributed by atoms with E-state index < -0.39 is 10.0 Å². The Hall–Kier alpha value is -1.08. The van der Waals surface area contributed by atoms with E-state index in [9.17, 15) is 13.5 Å². The summed E-state index contributed by atoms with van der Waals surface area (Å²) in [5, 5.41) is 10.6. The number of anilines is 1. The molecule has 1 aromatic heterocycles. The molecule has 0 radical (unpaired) electrons. The topological polar surface area (TPSA) is 66.4 Å². The molecule has 0 aliphatic heterocycles. The van der Waals surface area contributed by atoms with Gasteiger partial charge in [0, 0.05) is 15.5 Å². The van der Waals surface area contributed by atoms with Crippen molar-refractivity contribution in [2.45, 2.75) is 37.2 Å². The number of benzene rings is 1. The number of aliphatic hydroxyl groups is 1. The van der Waals surface area contributed by atoms with Gasteiger partial charge in [-0.05, 0) is 55.5 Å². The van der Waals surface area contributed by atoms with Crippen LogP contribution in [0.3, 0.4) is 0 Å². The second-order valence-corrected chi connectivity index (χ2v) is 8.46. The summed E-state index contributed by atoms with van der Waals surface area (Å²) < 4.78 is 27.5. The molecule has 2 aromatic rings. The van der Waals surface area contributed by atoms with Gasteiger partial charge in [-0.1, -0.05) is 11.6 Å². The average molecular weight is 358 g/mol. The lowest BCUT2D eigenvalue weighted by atomic mass is 9.96. The molecule has 0 unspecified atom stereocenters. The number of aryl methyl sites for hydroxylation is 1. The molecule has 2 N–H and O–H groups in total. The fraction of sp³-hybridized carbons (Fsp3) is 0.333. The quantitative estimate of drug-likeness (QED) is 0.879. The Morgan fingerprint density at radius 1 is 1.18 bits per heavy atom. The van der Waals surface area contributed by atoms with E-state index in [4.69, 9.17) is 11.6 Å². The Balaban J connectivity index is 1.95. The van der Waals surface area contributed by atoms with Gasteiger partial charge in [-0.2, -0.15) is 0 Å². The molecule has 4 nitrogen and oxygen atoms in total. The van der Waals surface area contributed by atoms with Gasteiger partial charge in [-0.15, -0.1) is 11.3 Å². The van der Waals surface area contributed by atoms with Crippen molar-refractivity contribution in [3.63, 3.8) is 0 Å². The molecule has 1 aromatic carbocycles. The molecular formula is C15H16ClNO3S2. The number of hydrogen-bond acceptors (Lipinski definition) is 4. The SMILES string of the molecule is O=S(=O)(Nc1sc2c(c1CO)CCCC2)c1ccc(Cl)cc1. The van der Waals surface area contributed by atoms with Crippen LogP contribution in [-0.4, -0.2) is 13.5 Å². The van der Waals surface area contributed by atoms with Crippen molar-refractivity contribution in [3.8, 4) is 0 Å². The summed E-state index contributed by atoms with van der Waals surface area (Å²) in [6.45, 7) is -0.149. The molecule has 0 fully saturated rings. The summed E-state index contributed by atoms with van der Waals surface area (Å²) in [6.07, 6.45) is 4.06. The number of sulfonamides is 1. The van der Waals surface area contributed by atoms with Crippen LogP contribution in [0.15, 0.2) is 29.2 Å². The number of rotatable bonds is 4. The molecule has 1 aliphatic rings. The molecule has 1 aliphatic carbocycles. The highest BCUT2D eigenvalue weighted by Gasteiger charge is 2.23. The van der Waals surface area contributed by atoms with Gasteiger partial charge in [0.25, 0.3) is 10.0 Å². The maximum absolute atomic E-state index is 12.5. The second-order valence-electron chi connectivity index (χ2n) is 5.24. The van der Waals surface area contributed by atoms with Crippen molar-refractivity contribution in [2.24, 2.45) is 0 Å². The Morgan fingerprint density at radius 2 is 1.86 bits per heavy atom. The molecule has 0 amide bonds. The van der Waals surface area contributed by atoms with Crippen molar-refractivity contribution in [3.05, 3.63) is 45.3 Å². The molecule has 0 saturated carbocycles. The first-order chi connectivity index (χ1) is 10.5. The molecule has 0 bridgehead atoms. The second kappa shape index (κ2) is 6.20. The van der Waals surface area contributed by atoms with E-state index in [2.05, 4.69) is 4.72 Å². The molecule has 22 heavy (non-hydrogen) atoms. The normalized spacial score (nSPS) is 14.6. The molecule has 3 rings (SSSR count). The minimum Gasteiger partial charge on any atom is -0.392 e. The van der Waals surface area contributed by atoms with E-state index in [1.54, 1.807) is 12.1 Å². The molecule has 1 heterocycles. The Labute approximate surface area is 138 Å². The molecule has 0 spiro atoms. The zero-order valence-corrected chi connectivity index (χ0v) is 14.2. The lowest BCUT2D eigenvalue weighted by molar-refractivity contribution is 0.281. The van der Waals surface area contributed by atoms with Crippen molar-refractivity contribution in [1.82, 2.24) is 0 Å². The third-order valence-electron chi connectivity index (χ3n) is 3.79. The number of fused-ring (bicyclic) bond motifs is 1. The van der Waals surface area contributed by atoms with Crippen LogP contribution in [0.25, 0.3) is 0 Å². The average Bonchev–Trinajstić information content (AvgIpc) is 2.83. The van der Waals surface area contributed by atoms with Crippen LogP contribution in [0.1, 0.15) is 28.8 Å². The number of hydrogen-bond donors (Lipinski definition) is 2. The van der Waals surface area contributed by atoms with Crippen LogP contribution < -0.4 is 4.72 Å². The zero-order valence-electron chi connectivity index (χ0n) is 11.8. The van der Waals surface area contributed by atoms with Gasteiger partial charge in [0.2, 0.25) is 0 Å². The largest absolute Gasteiger partial charge is 0.392 e.